The molecule has 92 valence electrons. The number of carbonyl (C=O) groups excluding carboxylic acids is 1. The van der Waals surface area contributed by atoms with E-state index in [1.807, 2.05) is 0 Å². The zero-order chi connectivity index (χ0) is 13.1. The second-order valence-electron chi connectivity index (χ2n) is 3.47. The zero-order valence-corrected chi connectivity index (χ0v) is 9.78. The molecule has 0 aliphatic rings. The van der Waals surface area contributed by atoms with Crippen molar-refractivity contribution < 1.29 is 14.3 Å². The Morgan fingerprint density at radius 3 is 2.89 bits per heavy atom. The number of hydrogen-bond acceptors (Lipinski definition) is 3. The van der Waals surface area contributed by atoms with Crippen molar-refractivity contribution in [2.75, 3.05) is 5.32 Å². The Kier molecular flexibility index (Phi) is 3.43. The number of hydrogen-bond donors (Lipinski definition) is 2. The Hall–Kier alpha value is -2.14. The molecule has 0 radical (unpaired) electrons. The summed E-state index contributed by atoms with van der Waals surface area (Å²) in [5, 5.41) is 11.8. The molecule has 4 nitrogen and oxygen atoms in total. The summed E-state index contributed by atoms with van der Waals surface area (Å²) in [5.41, 5.74) is 0.0577. The van der Waals surface area contributed by atoms with Gasteiger partial charge >= 0.3 is 0 Å². The lowest BCUT2D eigenvalue weighted by molar-refractivity contribution is 0.102. The fraction of sp³-hybridized carbons (Fsp3) is 0. The Bertz CT molecular complexity index is 604. The highest BCUT2D eigenvalue weighted by molar-refractivity contribution is 6.34. The normalized spacial score (nSPS) is 10.1. The van der Waals surface area contributed by atoms with Crippen molar-refractivity contribution in [1.29, 1.82) is 0 Å². The van der Waals surface area contributed by atoms with Gasteiger partial charge in [0.25, 0.3) is 5.91 Å². The van der Waals surface area contributed by atoms with Crippen LogP contribution < -0.4 is 5.32 Å². The maximum atomic E-state index is 13.3. The molecule has 0 aliphatic carbocycles. The highest BCUT2D eigenvalue weighted by atomic mass is 35.5. The largest absolute Gasteiger partial charge is 0.508 e. The number of amides is 1. The minimum absolute atomic E-state index is 0.00518. The second kappa shape index (κ2) is 5.01. The molecule has 0 saturated heterocycles. The fourth-order valence-corrected chi connectivity index (χ4v) is 1.56. The Morgan fingerprint density at radius 2 is 2.17 bits per heavy atom. The van der Waals surface area contributed by atoms with E-state index in [0.717, 1.165) is 6.20 Å². The highest BCUT2D eigenvalue weighted by Crippen LogP contribution is 2.22. The van der Waals surface area contributed by atoms with E-state index in [9.17, 15) is 14.3 Å². The van der Waals surface area contributed by atoms with Crippen molar-refractivity contribution in [1.82, 2.24) is 4.98 Å². The zero-order valence-electron chi connectivity index (χ0n) is 9.02. The van der Waals surface area contributed by atoms with Gasteiger partial charge in [0.2, 0.25) is 0 Å². The molecule has 2 rings (SSSR count). The molecule has 0 fully saturated rings. The molecular formula is C12H8ClFN2O2. The van der Waals surface area contributed by atoms with E-state index in [0.29, 0.717) is 0 Å². The van der Waals surface area contributed by atoms with E-state index < -0.39 is 11.7 Å². The molecule has 0 unspecified atom stereocenters. The average molecular weight is 267 g/mol. The smallest absolute Gasteiger partial charge is 0.257 e. The Labute approximate surface area is 107 Å². The first-order valence-corrected chi connectivity index (χ1v) is 5.35. The molecule has 0 saturated carbocycles. The van der Waals surface area contributed by atoms with Gasteiger partial charge in [-0.3, -0.25) is 9.78 Å². The van der Waals surface area contributed by atoms with Crippen LogP contribution in [0.15, 0.2) is 36.7 Å². The summed E-state index contributed by atoms with van der Waals surface area (Å²) in [6, 6.07) is 5.27. The minimum Gasteiger partial charge on any atom is -0.508 e. The van der Waals surface area contributed by atoms with Crippen molar-refractivity contribution in [2.45, 2.75) is 0 Å². The Morgan fingerprint density at radius 1 is 1.39 bits per heavy atom. The van der Waals surface area contributed by atoms with Gasteiger partial charge in [0.1, 0.15) is 5.75 Å². The molecule has 0 spiro atoms. The van der Waals surface area contributed by atoms with Crippen LogP contribution in [0, 0.1) is 5.82 Å². The van der Waals surface area contributed by atoms with Gasteiger partial charge in [-0.2, -0.15) is 0 Å². The first-order valence-electron chi connectivity index (χ1n) is 4.97. The summed E-state index contributed by atoms with van der Waals surface area (Å²) >= 11 is 5.82. The van der Waals surface area contributed by atoms with Gasteiger partial charge in [-0.15, -0.1) is 0 Å². The summed E-state index contributed by atoms with van der Waals surface area (Å²) in [6.07, 6.45) is 2.34. The number of pyridine rings is 1. The molecule has 2 N–H and O–H groups in total. The van der Waals surface area contributed by atoms with Gasteiger partial charge in [-0.25, -0.2) is 4.39 Å². The summed E-state index contributed by atoms with van der Waals surface area (Å²) in [4.78, 5) is 15.4. The lowest BCUT2D eigenvalue weighted by atomic mass is 10.2. The van der Waals surface area contributed by atoms with Gasteiger partial charge in [0.15, 0.2) is 5.82 Å². The van der Waals surface area contributed by atoms with Crippen LogP contribution in [0.25, 0.3) is 0 Å². The van der Waals surface area contributed by atoms with Crippen LogP contribution in [0.3, 0.4) is 0 Å². The molecule has 1 aromatic carbocycles. The van der Waals surface area contributed by atoms with Gasteiger partial charge in [-0.1, -0.05) is 11.6 Å². The SMILES string of the molecule is O=C(Nc1ccncc1F)c1cc(O)ccc1Cl. The number of anilines is 1. The maximum absolute atomic E-state index is 13.3. The number of aromatic hydroxyl groups is 1. The summed E-state index contributed by atoms with van der Waals surface area (Å²) in [6.45, 7) is 0. The molecule has 6 heteroatoms. The minimum atomic E-state index is -0.651. The Balaban J connectivity index is 2.28. The molecule has 1 heterocycles. The number of aromatic nitrogens is 1. The van der Waals surface area contributed by atoms with Crippen molar-refractivity contribution in [2.24, 2.45) is 0 Å². The lowest BCUT2D eigenvalue weighted by Crippen LogP contribution is -2.13. The summed E-state index contributed by atoms with van der Waals surface area (Å²) in [7, 11) is 0. The van der Waals surface area contributed by atoms with Crippen LogP contribution in [-0.4, -0.2) is 16.0 Å². The molecule has 0 aliphatic heterocycles. The van der Waals surface area contributed by atoms with Crippen LogP contribution in [0.4, 0.5) is 10.1 Å². The highest BCUT2D eigenvalue weighted by Gasteiger charge is 2.13. The number of halogens is 2. The van der Waals surface area contributed by atoms with Gasteiger partial charge in [0.05, 0.1) is 22.5 Å². The van der Waals surface area contributed by atoms with Crippen molar-refractivity contribution in [3.63, 3.8) is 0 Å². The number of nitrogens with one attached hydrogen (secondary N) is 1. The third-order valence-corrected chi connectivity index (χ3v) is 2.54. The van der Waals surface area contributed by atoms with Crippen LogP contribution in [0.5, 0.6) is 5.75 Å². The van der Waals surface area contributed by atoms with Gasteiger partial charge < -0.3 is 10.4 Å². The fourth-order valence-electron chi connectivity index (χ4n) is 1.35. The van der Waals surface area contributed by atoms with E-state index in [1.165, 1.54) is 30.5 Å². The van der Waals surface area contributed by atoms with Gasteiger partial charge in [-0.05, 0) is 24.3 Å². The topological polar surface area (TPSA) is 62.2 Å². The number of phenols is 1. The van der Waals surface area contributed by atoms with Gasteiger partial charge in [0, 0.05) is 6.20 Å². The number of benzene rings is 1. The molecule has 2 aromatic rings. The van der Waals surface area contributed by atoms with E-state index in [-0.39, 0.29) is 22.0 Å². The summed E-state index contributed by atoms with van der Waals surface area (Å²) in [5.74, 6) is -1.36. The first kappa shape index (κ1) is 12.3. The van der Waals surface area contributed by atoms with Crippen LogP contribution >= 0.6 is 11.6 Å². The van der Waals surface area contributed by atoms with Crippen LogP contribution in [0.1, 0.15) is 10.4 Å². The number of nitrogens with zero attached hydrogens (tertiary/aromatic N) is 1. The number of carbonyl (C=O) groups is 1. The monoisotopic (exact) mass is 266 g/mol. The van der Waals surface area contributed by atoms with E-state index >= 15 is 0 Å². The lowest BCUT2D eigenvalue weighted by Gasteiger charge is -2.07. The van der Waals surface area contributed by atoms with E-state index in [1.54, 1.807) is 0 Å². The predicted octanol–water partition coefficient (Wildman–Crippen LogP) is 2.83. The molecule has 0 bridgehead atoms. The maximum Gasteiger partial charge on any atom is 0.257 e. The third-order valence-electron chi connectivity index (χ3n) is 2.22. The molecule has 18 heavy (non-hydrogen) atoms. The number of phenolic OH excluding ortho intramolecular Hbond substituents is 1. The second-order valence-corrected chi connectivity index (χ2v) is 3.88. The first-order chi connectivity index (χ1) is 8.58. The van der Waals surface area contributed by atoms with Crippen molar-refractivity contribution >= 4 is 23.2 Å². The average Bonchev–Trinajstić information content (AvgIpc) is 2.35. The van der Waals surface area contributed by atoms with Crippen molar-refractivity contribution in [3.05, 3.63) is 53.1 Å². The van der Waals surface area contributed by atoms with E-state index in [2.05, 4.69) is 10.3 Å². The molecular weight excluding hydrogens is 259 g/mol. The molecule has 1 amide bonds. The quantitative estimate of drug-likeness (QED) is 0.879. The summed E-state index contributed by atoms with van der Waals surface area (Å²) < 4.78 is 13.3. The molecule has 0 atom stereocenters. The predicted molar refractivity (Wildman–Crippen MR) is 65.3 cm³/mol. The molecule has 1 aromatic heterocycles. The van der Waals surface area contributed by atoms with Crippen LogP contribution in [0.2, 0.25) is 5.02 Å². The van der Waals surface area contributed by atoms with Crippen molar-refractivity contribution in [3.8, 4) is 5.75 Å². The third kappa shape index (κ3) is 2.57. The van der Waals surface area contributed by atoms with Crippen LogP contribution in [-0.2, 0) is 0 Å². The number of rotatable bonds is 2. The standard InChI is InChI=1S/C12H8ClFN2O2/c13-9-2-1-7(17)5-8(9)12(18)16-11-3-4-15-6-10(11)14/h1-6,17H,(H,15,16,18). The van der Waals surface area contributed by atoms with E-state index in [4.69, 9.17) is 11.6 Å².